The Balaban J connectivity index is 1.20. The van der Waals surface area contributed by atoms with Crippen LogP contribution in [-0.2, 0) is 51.1 Å². The summed E-state index contributed by atoms with van der Waals surface area (Å²) in [4.78, 5) is 84.7. The molecule has 62 heavy (non-hydrogen) atoms. The highest BCUT2D eigenvalue weighted by Crippen LogP contribution is 2.32. The lowest BCUT2D eigenvalue weighted by Crippen LogP contribution is -2.62. The Morgan fingerprint density at radius 3 is 1.55 bits per heavy atom. The molecule has 4 fully saturated rings. The number of nitrogens with zero attached hydrogens (tertiary/aromatic N) is 4. The monoisotopic (exact) mass is 856 g/mol. The molecule has 3 amide bonds. The standard InChI is InChI=1S/C49H69N5O8/c1-48(2,3)61-46(59)40-23-15-29-51-27-13-21-38(44(57)53(40)51)33-42(55)36(31-34-17-9-7-10-18-34)25-26-37(32-35-19-11-8-12-20-35)43(56)50-39-22-14-28-52-30-16-24-41(54(52)45(39)58)47(60)62-49(4,5)6/h7-12,17-20,36-41H,13-16,21-33H2,1-6H3,(H,50,56)/t36-,37-,38-,39+,40+,41+/m1/s1. The molecular formula is C49H69N5O8. The first kappa shape index (κ1) is 46.9. The number of rotatable bonds is 14. The number of carbonyl (C=O) groups is 6. The number of ketones is 1. The zero-order valence-corrected chi connectivity index (χ0v) is 37.8. The van der Waals surface area contributed by atoms with Crippen LogP contribution in [0.1, 0.15) is 123 Å². The second-order valence-corrected chi connectivity index (χ2v) is 19.7. The Morgan fingerprint density at radius 1 is 0.613 bits per heavy atom. The van der Waals surface area contributed by atoms with Crippen molar-refractivity contribution in [3.63, 3.8) is 0 Å². The molecule has 0 saturated carbocycles. The van der Waals surface area contributed by atoms with E-state index in [4.69, 9.17) is 9.47 Å². The van der Waals surface area contributed by atoms with Crippen LogP contribution >= 0.6 is 0 Å². The van der Waals surface area contributed by atoms with E-state index in [1.54, 1.807) is 10.0 Å². The van der Waals surface area contributed by atoms with Crippen LogP contribution in [-0.4, -0.2) is 111 Å². The van der Waals surface area contributed by atoms with Crippen molar-refractivity contribution in [3.8, 4) is 0 Å². The van der Waals surface area contributed by atoms with Gasteiger partial charge >= 0.3 is 11.9 Å². The molecule has 13 heteroatoms. The minimum absolute atomic E-state index is 0.0392. The van der Waals surface area contributed by atoms with Gasteiger partial charge in [-0.1, -0.05) is 60.7 Å². The van der Waals surface area contributed by atoms with Gasteiger partial charge < -0.3 is 14.8 Å². The molecule has 6 rings (SSSR count). The predicted octanol–water partition coefficient (Wildman–Crippen LogP) is 6.23. The van der Waals surface area contributed by atoms with Crippen molar-refractivity contribution >= 4 is 35.4 Å². The molecule has 6 atom stereocenters. The molecule has 4 heterocycles. The molecule has 13 nitrogen and oxygen atoms in total. The van der Waals surface area contributed by atoms with Gasteiger partial charge in [0.2, 0.25) is 11.8 Å². The average molecular weight is 856 g/mol. The zero-order chi connectivity index (χ0) is 44.6. The number of hydrazine groups is 2. The molecule has 4 aliphatic rings. The minimum atomic E-state index is -0.823. The van der Waals surface area contributed by atoms with Crippen LogP contribution in [0.4, 0.5) is 0 Å². The summed E-state index contributed by atoms with van der Waals surface area (Å²) in [6.07, 6.45) is 6.55. The van der Waals surface area contributed by atoms with Crippen LogP contribution in [0.3, 0.4) is 0 Å². The van der Waals surface area contributed by atoms with E-state index < -0.39 is 59.0 Å². The summed E-state index contributed by atoms with van der Waals surface area (Å²) in [5.41, 5.74) is 0.544. The largest absolute Gasteiger partial charge is 0.458 e. The second-order valence-electron chi connectivity index (χ2n) is 19.7. The molecule has 2 aromatic carbocycles. The van der Waals surface area contributed by atoms with Crippen molar-refractivity contribution in [2.24, 2.45) is 17.8 Å². The number of Topliss-reactive ketones (excluding diaryl/α,β-unsaturated/α-hetero) is 1. The molecular weight excluding hydrogens is 787 g/mol. The van der Waals surface area contributed by atoms with Gasteiger partial charge in [-0.25, -0.2) is 19.6 Å². The van der Waals surface area contributed by atoms with Gasteiger partial charge in [0.1, 0.15) is 35.1 Å². The van der Waals surface area contributed by atoms with Gasteiger partial charge in [0.25, 0.3) is 5.91 Å². The molecule has 2 aromatic rings. The van der Waals surface area contributed by atoms with Crippen LogP contribution < -0.4 is 5.32 Å². The average Bonchev–Trinajstić information content (AvgIpc) is 3.48. The summed E-state index contributed by atoms with van der Waals surface area (Å²) in [6, 6.07) is 17.2. The van der Waals surface area contributed by atoms with Crippen LogP contribution in [0.2, 0.25) is 0 Å². The molecule has 338 valence electrons. The molecule has 4 aliphatic heterocycles. The maximum absolute atomic E-state index is 14.6. The van der Waals surface area contributed by atoms with E-state index in [2.05, 4.69) is 5.32 Å². The fourth-order valence-electron chi connectivity index (χ4n) is 9.51. The first-order valence-corrected chi connectivity index (χ1v) is 23.0. The SMILES string of the molecule is CC(C)(C)OC(=O)[C@@H]1CCCN2CCC[C@H](CC(=O)[C@H](CC[C@H](Cc3ccccc3)C(=O)N[C@H]3CCCN4CCC[C@@H](C(=O)OC(C)(C)C)N4C3=O)Cc3ccccc3)C(=O)N12. The predicted molar refractivity (Wildman–Crippen MR) is 235 cm³/mol. The third kappa shape index (κ3) is 12.5. The Kier molecular flexibility index (Phi) is 15.7. The van der Waals surface area contributed by atoms with E-state index in [-0.39, 0.29) is 29.9 Å². The van der Waals surface area contributed by atoms with Crippen molar-refractivity contribution in [1.82, 2.24) is 25.4 Å². The molecule has 0 aromatic heterocycles. The topological polar surface area (TPSA) is 146 Å². The Hall–Kier alpha value is -4.62. The van der Waals surface area contributed by atoms with E-state index >= 15 is 0 Å². The van der Waals surface area contributed by atoms with Crippen molar-refractivity contribution < 1.29 is 38.2 Å². The van der Waals surface area contributed by atoms with Gasteiger partial charge in [-0.15, -0.1) is 0 Å². The van der Waals surface area contributed by atoms with Gasteiger partial charge in [0, 0.05) is 50.4 Å². The number of hydrogen-bond donors (Lipinski definition) is 1. The summed E-state index contributed by atoms with van der Waals surface area (Å²) in [5.74, 6) is -3.31. The molecule has 1 N–H and O–H groups in total. The summed E-state index contributed by atoms with van der Waals surface area (Å²) >= 11 is 0. The van der Waals surface area contributed by atoms with E-state index in [1.807, 2.05) is 112 Å². The van der Waals surface area contributed by atoms with Crippen molar-refractivity contribution in [1.29, 1.82) is 0 Å². The summed E-state index contributed by atoms with van der Waals surface area (Å²) in [6.45, 7) is 13.4. The maximum atomic E-state index is 14.6. The lowest BCUT2D eigenvalue weighted by Gasteiger charge is -2.43. The van der Waals surface area contributed by atoms with Crippen LogP contribution in [0, 0.1) is 17.8 Å². The fourth-order valence-corrected chi connectivity index (χ4v) is 9.51. The molecule has 0 spiro atoms. The van der Waals surface area contributed by atoms with E-state index in [9.17, 15) is 28.8 Å². The lowest BCUT2D eigenvalue weighted by molar-refractivity contribution is -0.185. The lowest BCUT2D eigenvalue weighted by atomic mass is 9.82. The molecule has 4 saturated heterocycles. The van der Waals surface area contributed by atoms with Gasteiger partial charge in [-0.3, -0.25) is 29.2 Å². The van der Waals surface area contributed by atoms with Gasteiger partial charge in [0.15, 0.2) is 0 Å². The molecule has 0 aliphatic carbocycles. The third-order valence-electron chi connectivity index (χ3n) is 12.4. The summed E-state index contributed by atoms with van der Waals surface area (Å²) in [5, 5.41) is 10.2. The number of hydrogen-bond acceptors (Lipinski definition) is 10. The number of amides is 3. The number of benzene rings is 2. The van der Waals surface area contributed by atoms with E-state index in [1.165, 1.54) is 0 Å². The number of ether oxygens (including phenoxy) is 2. The van der Waals surface area contributed by atoms with E-state index in [0.29, 0.717) is 84.0 Å². The first-order chi connectivity index (χ1) is 29.5. The second kappa shape index (κ2) is 20.7. The van der Waals surface area contributed by atoms with Gasteiger partial charge in [0.05, 0.1) is 0 Å². The van der Waals surface area contributed by atoms with E-state index in [0.717, 1.165) is 30.4 Å². The number of esters is 2. The van der Waals surface area contributed by atoms with Crippen LogP contribution in [0.15, 0.2) is 60.7 Å². The van der Waals surface area contributed by atoms with Gasteiger partial charge in [-0.2, -0.15) is 0 Å². The first-order valence-electron chi connectivity index (χ1n) is 23.0. The maximum Gasteiger partial charge on any atom is 0.331 e. The molecule has 0 unspecified atom stereocenters. The molecule has 0 radical (unpaired) electrons. The Labute approximate surface area is 368 Å². The Bertz CT molecular complexity index is 1740. The fraction of sp³-hybridized carbons (Fsp3) is 0.633. The Morgan fingerprint density at radius 2 is 1.05 bits per heavy atom. The van der Waals surface area contributed by atoms with Crippen molar-refractivity contribution in [3.05, 3.63) is 71.8 Å². The zero-order valence-electron chi connectivity index (χ0n) is 37.8. The van der Waals surface area contributed by atoms with Crippen molar-refractivity contribution in [2.45, 2.75) is 154 Å². The minimum Gasteiger partial charge on any atom is -0.458 e. The number of nitrogens with one attached hydrogen (secondary N) is 1. The quantitative estimate of drug-likeness (QED) is 0.217. The number of fused-ring (bicyclic) bond motifs is 2. The highest BCUT2D eigenvalue weighted by Gasteiger charge is 2.46. The normalized spacial score (nSPS) is 23.8. The van der Waals surface area contributed by atoms with Crippen LogP contribution in [0.5, 0.6) is 0 Å². The summed E-state index contributed by atoms with van der Waals surface area (Å²) in [7, 11) is 0. The highest BCUT2D eigenvalue weighted by molar-refractivity contribution is 5.92. The smallest absolute Gasteiger partial charge is 0.331 e. The van der Waals surface area contributed by atoms with Gasteiger partial charge in [-0.05, 0) is 130 Å². The highest BCUT2D eigenvalue weighted by atomic mass is 16.6. The van der Waals surface area contributed by atoms with Crippen molar-refractivity contribution in [2.75, 3.05) is 26.2 Å². The summed E-state index contributed by atoms with van der Waals surface area (Å²) < 4.78 is 11.5. The third-order valence-corrected chi connectivity index (χ3v) is 12.4. The number of carbonyl (C=O) groups excluding carboxylic acids is 6. The van der Waals surface area contributed by atoms with Crippen LogP contribution in [0.25, 0.3) is 0 Å². The molecule has 0 bridgehead atoms.